The van der Waals surface area contributed by atoms with Gasteiger partial charge in [0.1, 0.15) is 0 Å². The minimum Gasteiger partial charge on any atom is -0.309 e. The number of benzene rings is 13. The van der Waals surface area contributed by atoms with Crippen LogP contribution in [0.5, 0.6) is 0 Å². The molecule has 0 saturated heterocycles. The molecular weight excluding hydrogens is 1070 g/mol. The Labute approximate surface area is 507 Å². The fraction of sp³-hybridized carbons (Fsp3) is 0. The number of aromatic nitrogens is 6. The highest BCUT2D eigenvalue weighted by Gasteiger charge is 2.25. The summed E-state index contributed by atoms with van der Waals surface area (Å²) in [4.78, 5) is 10.8. The molecule has 0 aliphatic heterocycles. The molecule has 0 N–H and O–H groups in total. The number of rotatable bonds is 9. The summed E-state index contributed by atoms with van der Waals surface area (Å²) in [5.74, 6) is 0.664. The van der Waals surface area contributed by atoms with Gasteiger partial charge in [-0.25, -0.2) is 9.97 Å². The van der Waals surface area contributed by atoms with Crippen LogP contribution in [0, 0.1) is 0 Å². The van der Waals surface area contributed by atoms with Crippen molar-refractivity contribution in [3.8, 4) is 78.9 Å². The fourth-order valence-electron chi connectivity index (χ4n) is 14.1. The first kappa shape index (κ1) is 49.6. The number of fused-ring (bicyclic) bond motifs is 12. The maximum atomic E-state index is 5.52. The smallest absolute Gasteiger partial charge is 0.160 e. The average Bonchev–Trinajstić information content (AvgIpc) is 1.60. The molecule has 88 heavy (non-hydrogen) atoms. The van der Waals surface area contributed by atoms with Crippen LogP contribution in [0.1, 0.15) is 0 Å². The van der Waals surface area contributed by atoms with Gasteiger partial charge < -0.3 is 18.3 Å². The van der Waals surface area contributed by atoms with Crippen LogP contribution < -0.4 is 0 Å². The number of hydrogen-bond donors (Lipinski definition) is 0. The van der Waals surface area contributed by atoms with Crippen LogP contribution in [0.3, 0.4) is 0 Å². The first-order valence-corrected chi connectivity index (χ1v) is 30.1. The van der Waals surface area contributed by atoms with E-state index in [1.807, 2.05) is 6.07 Å². The van der Waals surface area contributed by atoms with E-state index in [1.54, 1.807) is 0 Å². The Morgan fingerprint density at radius 2 is 0.500 bits per heavy atom. The maximum absolute atomic E-state index is 5.52. The zero-order valence-corrected chi connectivity index (χ0v) is 47.7. The largest absolute Gasteiger partial charge is 0.309 e. The van der Waals surface area contributed by atoms with Crippen molar-refractivity contribution in [3.63, 3.8) is 0 Å². The molecule has 0 atom stereocenters. The molecule has 410 valence electrons. The third-order valence-corrected chi connectivity index (χ3v) is 18.0. The van der Waals surface area contributed by atoms with Crippen molar-refractivity contribution in [1.29, 1.82) is 0 Å². The van der Waals surface area contributed by atoms with Gasteiger partial charge in [0, 0.05) is 88.0 Å². The van der Waals surface area contributed by atoms with E-state index in [1.165, 1.54) is 70.8 Å². The molecule has 0 spiro atoms. The minimum absolute atomic E-state index is 0.664. The molecule has 6 nitrogen and oxygen atoms in total. The second kappa shape index (κ2) is 19.9. The maximum Gasteiger partial charge on any atom is 0.160 e. The summed E-state index contributed by atoms with van der Waals surface area (Å²) in [7, 11) is 0. The molecule has 5 heterocycles. The minimum atomic E-state index is 0.664. The predicted octanol–water partition coefficient (Wildman–Crippen LogP) is 21.2. The normalized spacial score (nSPS) is 11.9. The quantitative estimate of drug-likeness (QED) is 0.145. The molecule has 0 amide bonds. The van der Waals surface area contributed by atoms with Gasteiger partial charge in [0.05, 0.1) is 61.2 Å². The lowest BCUT2D eigenvalue weighted by molar-refractivity contribution is 1.16. The Balaban J connectivity index is 0.932. The molecule has 18 rings (SSSR count). The van der Waals surface area contributed by atoms with Crippen LogP contribution in [0.25, 0.3) is 166 Å². The van der Waals surface area contributed by atoms with E-state index in [9.17, 15) is 0 Å². The second-order valence-electron chi connectivity index (χ2n) is 22.9. The van der Waals surface area contributed by atoms with E-state index in [4.69, 9.17) is 9.97 Å². The van der Waals surface area contributed by atoms with Crippen molar-refractivity contribution in [2.75, 3.05) is 0 Å². The lowest BCUT2D eigenvalue weighted by Crippen LogP contribution is -2.03. The summed E-state index contributed by atoms with van der Waals surface area (Å²) < 4.78 is 9.75. The van der Waals surface area contributed by atoms with Gasteiger partial charge in [0.15, 0.2) is 5.82 Å². The van der Waals surface area contributed by atoms with Gasteiger partial charge in [-0.2, -0.15) is 0 Å². The van der Waals surface area contributed by atoms with Gasteiger partial charge in [-0.15, -0.1) is 0 Å². The highest BCUT2D eigenvalue weighted by atomic mass is 15.0. The van der Waals surface area contributed by atoms with Crippen molar-refractivity contribution >= 4 is 87.2 Å². The summed E-state index contributed by atoms with van der Waals surface area (Å²) in [6.45, 7) is 0. The summed E-state index contributed by atoms with van der Waals surface area (Å²) in [5, 5.41) is 9.72. The van der Waals surface area contributed by atoms with E-state index < -0.39 is 0 Å². The summed E-state index contributed by atoms with van der Waals surface area (Å²) >= 11 is 0. The fourth-order valence-corrected chi connectivity index (χ4v) is 14.1. The van der Waals surface area contributed by atoms with Crippen LogP contribution in [0.2, 0.25) is 0 Å². The zero-order chi connectivity index (χ0) is 57.8. The number of para-hydroxylation sites is 7. The lowest BCUT2D eigenvalue weighted by atomic mass is 9.91. The molecule has 13 aromatic carbocycles. The monoisotopic (exact) mass is 1120 g/mol. The molecule has 0 radical (unpaired) electrons. The Bertz CT molecular complexity index is 5390. The van der Waals surface area contributed by atoms with Gasteiger partial charge >= 0.3 is 0 Å². The van der Waals surface area contributed by atoms with Crippen molar-refractivity contribution in [3.05, 3.63) is 315 Å². The molecule has 0 unspecified atom stereocenters. The van der Waals surface area contributed by atoms with E-state index in [2.05, 4.69) is 328 Å². The van der Waals surface area contributed by atoms with Crippen LogP contribution in [-0.2, 0) is 0 Å². The zero-order valence-electron chi connectivity index (χ0n) is 47.7. The van der Waals surface area contributed by atoms with E-state index >= 15 is 0 Å². The molecule has 0 fully saturated rings. The van der Waals surface area contributed by atoms with Gasteiger partial charge in [0.2, 0.25) is 0 Å². The second-order valence-corrected chi connectivity index (χ2v) is 22.9. The molecule has 5 aromatic heterocycles. The van der Waals surface area contributed by atoms with E-state index in [-0.39, 0.29) is 0 Å². The van der Waals surface area contributed by atoms with Gasteiger partial charge in [-0.05, 0) is 114 Å². The molecule has 0 bridgehead atoms. The molecule has 0 aliphatic rings. The Morgan fingerprint density at radius 1 is 0.193 bits per heavy atom. The van der Waals surface area contributed by atoms with Crippen molar-refractivity contribution < 1.29 is 0 Å². The topological polar surface area (TPSA) is 45.5 Å². The first-order chi connectivity index (χ1) is 43.7. The SMILES string of the molecule is c1ccc(-c2cc(-c3cc(-c4ccc(-n5c6ccccc6c6ccccc65)cc4)c(-n4c5ccccc5c5cc(-n6c7ccccc7c7ccccc76)ccc54)c(-c4ccc(-n5c6ccccc6c6ccccc65)cc4)c3)nc(-c3ccccc3)n2)cc1. The summed E-state index contributed by atoms with van der Waals surface area (Å²) in [6, 6.07) is 115. The van der Waals surface area contributed by atoms with E-state index in [0.717, 1.165) is 89.5 Å². The van der Waals surface area contributed by atoms with Crippen LogP contribution in [0.4, 0.5) is 0 Å². The van der Waals surface area contributed by atoms with Gasteiger partial charge in [0.25, 0.3) is 0 Å². The molecule has 0 saturated carbocycles. The van der Waals surface area contributed by atoms with Crippen LogP contribution in [0.15, 0.2) is 315 Å². The Hall–Kier alpha value is -11.9. The molecule has 6 heteroatoms. The van der Waals surface area contributed by atoms with Gasteiger partial charge in [-0.3, -0.25) is 0 Å². The highest BCUT2D eigenvalue weighted by Crippen LogP contribution is 2.46. The summed E-state index contributed by atoms with van der Waals surface area (Å²) in [6.07, 6.45) is 0. The predicted molar refractivity (Wildman–Crippen MR) is 367 cm³/mol. The number of nitrogens with zero attached hydrogens (tertiary/aromatic N) is 6. The van der Waals surface area contributed by atoms with Crippen LogP contribution in [-0.4, -0.2) is 28.2 Å². The van der Waals surface area contributed by atoms with Crippen LogP contribution >= 0.6 is 0 Å². The summed E-state index contributed by atoms with van der Waals surface area (Å²) in [5.41, 5.74) is 22.5. The first-order valence-electron chi connectivity index (χ1n) is 30.1. The highest BCUT2D eigenvalue weighted by molar-refractivity contribution is 6.14. The number of hydrogen-bond acceptors (Lipinski definition) is 2. The van der Waals surface area contributed by atoms with E-state index in [0.29, 0.717) is 5.82 Å². The van der Waals surface area contributed by atoms with Crippen molar-refractivity contribution in [2.45, 2.75) is 0 Å². The molecule has 0 aliphatic carbocycles. The average molecular weight is 1120 g/mol. The molecular formula is C82H52N6. The van der Waals surface area contributed by atoms with Crippen molar-refractivity contribution in [1.82, 2.24) is 28.2 Å². The lowest BCUT2D eigenvalue weighted by Gasteiger charge is -2.22. The third-order valence-electron chi connectivity index (χ3n) is 18.0. The van der Waals surface area contributed by atoms with Crippen molar-refractivity contribution in [2.24, 2.45) is 0 Å². The third kappa shape index (κ3) is 7.76. The Morgan fingerprint density at radius 3 is 0.909 bits per heavy atom. The van der Waals surface area contributed by atoms with Gasteiger partial charge in [-0.1, -0.05) is 212 Å². The Kier molecular flexibility index (Phi) is 11.2. The standard InChI is InChI=1S/C82H52N6/c1-3-21-55(22-4-1)71-52-72(84-82(83-71)56-23-5-2-6-24-56)57-49-68(53-39-43-58(44-40-53)85-73-32-14-7-25-61(73)62-26-8-15-33-74(62)85)81(69(50-57)54-41-45-59(46-42-54)86-75-34-16-9-27-63(75)64-28-10-17-35-76(64)86)88-79-38-20-13-31-67(79)70-51-60(47-48-80(70)88)87-77-36-18-11-29-65(77)66-30-12-19-37-78(66)87/h1-52H. The molecule has 18 aromatic rings.